The van der Waals surface area contributed by atoms with Crippen molar-refractivity contribution in [2.45, 2.75) is 25.3 Å². The van der Waals surface area contributed by atoms with Gasteiger partial charge in [-0.05, 0) is 54.8 Å². The maximum absolute atomic E-state index is 13.0. The minimum Gasteiger partial charge on any atom is -0.497 e. The molecule has 0 aliphatic carbocycles. The number of likely N-dealkylation sites (N-methyl/N-ethyl adjacent to an activating group) is 2. The molecule has 0 unspecified atom stereocenters. The average Bonchev–Trinajstić information content (AvgIpc) is 2.75. The number of methoxy groups -OCH3 is 1. The van der Waals surface area contributed by atoms with Gasteiger partial charge in [-0.2, -0.15) is 4.31 Å². The molecule has 10 heteroatoms. The molecule has 9 nitrogen and oxygen atoms in total. The fourth-order valence-corrected chi connectivity index (χ4v) is 4.85. The number of aromatic carboxylic acids is 1. The fraction of sp³-hybridized carbons (Fsp3) is 0.391. The minimum atomic E-state index is -3.73. The van der Waals surface area contributed by atoms with E-state index in [-0.39, 0.29) is 36.1 Å². The SMILES string of the molecule is COc1cc(C)c(S(=O)(=O)N(C)CCOCC(=O)N(C)Cc2ccc(C(=O)O)cc2)c(C)c1. The lowest BCUT2D eigenvalue weighted by Gasteiger charge is -2.21. The summed E-state index contributed by atoms with van der Waals surface area (Å²) in [7, 11) is 0.878. The van der Waals surface area contributed by atoms with Crippen LogP contribution in [0.4, 0.5) is 0 Å². The third-order valence-corrected chi connectivity index (χ3v) is 7.32. The summed E-state index contributed by atoms with van der Waals surface area (Å²) in [6.07, 6.45) is 0. The van der Waals surface area contributed by atoms with Gasteiger partial charge in [0.1, 0.15) is 12.4 Å². The molecule has 0 aliphatic rings. The van der Waals surface area contributed by atoms with Gasteiger partial charge in [0.05, 0.1) is 24.2 Å². The molecule has 2 aromatic rings. The van der Waals surface area contributed by atoms with E-state index < -0.39 is 16.0 Å². The van der Waals surface area contributed by atoms with Gasteiger partial charge in [0.25, 0.3) is 0 Å². The summed E-state index contributed by atoms with van der Waals surface area (Å²) in [5.74, 6) is -0.691. The van der Waals surface area contributed by atoms with Crippen molar-refractivity contribution >= 4 is 21.9 Å². The standard InChI is InChI=1S/C23H30N2O7S/c1-16-12-20(31-5)13-17(2)22(16)33(29,30)25(4)10-11-32-15-21(26)24(3)14-18-6-8-19(9-7-18)23(27)28/h6-9,12-13H,10-11,14-15H2,1-5H3,(H,27,28). The van der Waals surface area contributed by atoms with E-state index in [0.717, 1.165) is 5.56 Å². The molecular formula is C23H30N2O7S. The maximum atomic E-state index is 13.0. The van der Waals surface area contributed by atoms with Crippen molar-refractivity contribution in [3.63, 3.8) is 0 Å². The number of hydrogen-bond acceptors (Lipinski definition) is 6. The largest absolute Gasteiger partial charge is 0.497 e. The molecule has 0 fully saturated rings. The van der Waals surface area contributed by atoms with Crippen molar-refractivity contribution < 1.29 is 32.6 Å². The van der Waals surface area contributed by atoms with Crippen LogP contribution in [0, 0.1) is 13.8 Å². The molecule has 0 aliphatic heterocycles. The van der Waals surface area contributed by atoms with Gasteiger partial charge in [0.2, 0.25) is 15.9 Å². The van der Waals surface area contributed by atoms with Crippen LogP contribution in [0.3, 0.4) is 0 Å². The first-order valence-electron chi connectivity index (χ1n) is 10.2. The van der Waals surface area contributed by atoms with Crippen LogP contribution in [0.15, 0.2) is 41.3 Å². The van der Waals surface area contributed by atoms with Crippen molar-refractivity contribution in [3.05, 3.63) is 58.7 Å². The van der Waals surface area contributed by atoms with Crippen LogP contribution in [-0.2, 0) is 26.1 Å². The first-order valence-corrected chi connectivity index (χ1v) is 11.7. The zero-order chi connectivity index (χ0) is 24.8. The number of carbonyl (C=O) groups is 2. The molecule has 33 heavy (non-hydrogen) atoms. The summed E-state index contributed by atoms with van der Waals surface area (Å²) in [6.45, 7) is 3.68. The zero-order valence-electron chi connectivity index (χ0n) is 19.5. The van der Waals surface area contributed by atoms with Crippen molar-refractivity contribution in [2.24, 2.45) is 0 Å². The Morgan fingerprint density at radius 3 is 2.12 bits per heavy atom. The Morgan fingerprint density at radius 2 is 1.61 bits per heavy atom. The van der Waals surface area contributed by atoms with E-state index in [4.69, 9.17) is 14.6 Å². The number of carboxylic acid groups (broad SMARTS) is 1. The van der Waals surface area contributed by atoms with Crippen LogP contribution >= 0.6 is 0 Å². The number of hydrogen-bond donors (Lipinski definition) is 1. The van der Waals surface area contributed by atoms with Crippen LogP contribution in [0.25, 0.3) is 0 Å². The van der Waals surface area contributed by atoms with E-state index in [2.05, 4.69) is 0 Å². The molecule has 0 spiro atoms. The Hall–Kier alpha value is -2.95. The second-order valence-electron chi connectivity index (χ2n) is 7.72. The molecule has 0 radical (unpaired) electrons. The Kier molecular flexibility index (Phi) is 8.98. The van der Waals surface area contributed by atoms with Crippen LogP contribution < -0.4 is 4.74 Å². The number of nitrogens with zero attached hydrogens (tertiary/aromatic N) is 2. The van der Waals surface area contributed by atoms with Gasteiger partial charge in [-0.25, -0.2) is 13.2 Å². The highest BCUT2D eigenvalue weighted by Gasteiger charge is 2.25. The fourth-order valence-electron chi connectivity index (χ4n) is 3.29. The van der Waals surface area contributed by atoms with E-state index in [1.54, 1.807) is 45.2 Å². The van der Waals surface area contributed by atoms with E-state index >= 15 is 0 Å². The molecule has 0 saturated heterocycles. The van der Waals surface area contributed by atoms with Gasteiger partial charge in [-0.1, -0.05) is 12.1 Å². The molecule has 1 amide bonds. The molecule has 2 rings (SSSR count). The molecular weight excluding hydrogens is 448 g/mol. The molecule has 0 aromatic heterocycles. The van der Waals surface area contributed by atoms with Gasteiger partial charge >= 0.3 is 5.97 Å². The van der Waals surface area contributed by atoms with Gasteiger partial charge in [0.15, 0.2) is 0 Å². The van der Waals surface area contributed by atoms with Gasteiger partial charge in [-0.3, -0.25) is 4.79 Å². The highest BCUT2D eigenvalue weighted by atomic mass is 32.2. The van der Waals surface area contributed by atoms with E-state index in [1.807, 2.05) is 0 Å². The highest BCUT2D eigenvalue weighted by molar-refractivity contribution is 7.89. The lowest BCUT2D eigenvalue weighted by Crippen LogP contribution is -2.33. The summed E-state index contributed by atoms with van der Waals surface area (Å²) >= 11 is 0. The van der Waals surface area contributed by atoms with Crippen molar-refractivity contribution in [1.29, 1.82) is 0 Å². The van der Waals surface area contributed by atoms with Crippen molar-refractivity contribution in [2.75, 3.05) is 41.0 Å². The average molecular weight is 479 g/mol. The Balaban J connectivity index is 1.87. The van der Waals surface area contributed by atoms with Crippen LogP contribution in [0.1, 0.15) is 27.0 Å². The number of amides is 1. The molecule has 2 aromatic carbocycles. The first kappa shape index (κ1) is 26.3. The normalized spacial score (nSPS) is 11.5. The number of benzene rings is 2. The summed E-state index contributed by atoms with van der Waals surface area (Å²) in [5, 5.41) is 8.94. The van der Waals surface area contributed by atoms with Crippen LogP contribution in [0.2, 0.25) is 0 Å². The minimum absolute atomic E-state index is 0.0524. The number of carboxylic acids is 1. The highest BCUT2D eigenvalue weighted by Crippen LogP contribution is 2.27. The Labute approximate surface area is 194 Å². The van der Waals surface area contributed by atoms with Crippen LogP contribution in [0.5, 0.6) is 5.75 Å². The van der Waals surface area contributed by atoms with E-state index in [0.29, 0.717) is 23.4 Å². The monoisotopic (exact) mass is 478 g/mol. The zero-order valence-corrected chi connectivity index (χ0v) is 20.3. The Morgan fingerprint density at radius 1 is 1.03 bits per heavy atom. The molecule has 0 bridgehead atoms. The number of aryl methyl sites for hydroxylation is 2. The number of carbonyl (C=O) groups excluding carboxylic acids is 1. The molecule has 0 atom stereocenters. The van der Waals surface area contributed by atoms with E-state index in [9.17, 15) is 18.0 Å². The predicted octanol–water partition coefficient (Wildman–Crippen LogP) is 2.31. The Bertz CT molecular complexity index is 1080. The number of ether oxygens (including phenoxy) is 2. The second-order valence-corrected chi connectivity index (χ2v) is 9.70. The lowest BCUT2D eigenvalue weighted by atomic mass is 10.1. The maximum Gasteiger partial charge on any atom is 0.335 e. The van der Waals surface area contributed by atoms with Gasteiger partial charge in [0, 0.05) is 27.2 Å². The quantitative estimate of drug-likeness (QED) is 0.493. The lowest BCUT2D eigenvalue weighted by molar-refractivity contribution is -0.135. The molecule has 1 N–H and O–H groups in total. The third-order valence-electron chi connectivity index (χ3n) is 5.16. The van der Waals surface area contributed by atoms with E-state index in [1.165, 1.54) is 35.5 Å². The van der Waals surface area contributed by atoms with Crippen molar-refractivity contribution in [3.8, 4) is 5.75 Å². The summed E-state index contributed by atoms with van der Waals surface area (Å²) in [6, 6.07) is 9.61. The smallest absolute Gasteiger partial charge is 0.335 e. The van der Waals surface area contributed by atoms with Gasteiger partial charge < -0.3 is 19.5 Å². The number of rotatable bonds is 11. The predicted molar refractivity (Wildman–Crippen MR) is 123 cm³/mol. The molecule has 0 heterocycles. The topological polar surface area (TPSA) is 113 Å². The van der Waals surface area contributed by atoms with Crippen LogP contribution in [-0.4, -0.2) is 75.6 Å². The summed E-state index contributed by atoms with van der Waals surface area (Å²) in [4.78, 5) is 24.9. The molecule has 180 valence electrons. The summed E-state index contributed by atoms with van der Waals surface area (Å²) in [5.41, 5.74) is 2.14. The summed E-state index contributed by atoms with van der Waals surface area (Å²) < 4.78 is 37.8. The first-order chi connectivity index (χ1) is 15.5. The van der Waals surface area contributed by atoms with Crippen molar-refractivity contribution in [1.82, 2.24) is 9.21 Å². The van der Waals surface area contributed by atoms with Gasteiger partial charge in [-0.15, -0.1) is 0 Å². The molecule has 0 saturated carbocycles. The number of sulfonamides is 1. The second kappa shape index (κ2) is 11.3. The third kappa shape index (κ3) is 6.77.